The molecule has 0 aliphatic rings. The summed E-state index contributed by atoms with van der Waals surface area (Å²) in [5.41, 5.74) is 12.5. The highest BCUT2D eigenvalue weighted by atomic mass is 15.1. The van der Waals surface area contributed by atoms with Crippen LogP contribution in [-0.2, 0) is 0 Å². The summed E-state index contributed by atoms with van der Waals surface area (Å²) >= 11 is 0. The van der Waals surface area contributed by atoms with E-state index >= 15 is 0 Å². The van der Waals surface area contributed by atoms with Gasteiger partial charge in [0.25, 0.3) is 0 Å². The Hall–Kier alpha value is -7.86. The van der Waals surface area contributed by atoms with Gasteiger partial charge in [-0.25, -0.2) is 0 Å². The summed E-state index contributed by atoms with van der Waals surface area (Å²) < 4.78 is 6.97. The molecule has 0 unspecified atom stereocenters. The third-order valence-electron chi connectivity index (χ3n) is 11.1. The fourth-order valence-corrected chi connectivity index (χ4v) is 8.83. The van der Waals surface area contributed by atoms with Crippen molar-refractivity contribution in [3.63, 3.8) is 0 Å². The van der Waals surface area contributed by atoms with Gasteiger partial charge in [-0.15, -0.1) is 0 Å². The monoisotopic (exact) mass is 699 g/mol. The van der Waals surface area contributed by atoms with Crippen LogP contribution >= 0.6 is 0 Å². The number of hydrogen-bond acceptors (Lipinski definition) is 2. The Morgan fingerprint density at radius 1 is 0.364 bits per heavy atom. The predicted molar refractivity (Wildman–Crippen MR) is 224 cm³/mol. The highest BCUT2D eigenvalue weighted by Crippen LogP contribution is 2.41. The van der Waals surface area contributed by atoms with Gasteiger partial charge in [-0.3, -0.25) is 0 Å². The number of rotatable bonds is 4. The first-order chi connectivity index (χ1) is 27.2. The van der Waals surface area contributed by atoms with Gasteiger partial charge in [0.2, 0.25) is 0 Å². The molecule has 0 aliphatic heterocycles. The molecule has 254 valence electrons. The van der Waals surface area contributed by atoms with Crippen LogP contribution in [0, 0.1) is 22.7 Å². The second-order valence-electron chi connectivity index (χ2n) is 14.0. The molecule has 3 heterocycles. The van der Waals surface area contributed by atoms with Crippen LogP contribution in [0.2, 0.25) is 0 Å². The number of nitrogens with zero attached hydrogens (tertiary/aromatic N) is 5. The number of hydrogen-bond donors (Lipinski definition) is 0. The van der Waals surface area contributed by atoms with Gasteiger partial charge in [-0.05, 0) is 72.3 Å². The van der Waals surface area contributed by atoms with Crippen LogP contribution in [0.1, 0.15) is 11.1 Å². The highest BCUT2D eigenvalue weighted by molar-refractivity contribution is 6.15. The molecule has 0 saturated carbocycles. The predicted octanol–water partition coefficient (Wildman–Crippen LogP) is 12.4. The molecule has 0 N–H and O–H groups in total. The molecule has 0 spiro atoms. The molecule has 0 aliphatic carbocycles. The lowest BCUT2D eigenvalue weighted by molar-refractivity contribution is 1.13. The van der Waals surface area contributed by atoms with Crippen molar-refractivity contribution in [1.82, 2.24) is 13.7 Å². The van der Waals surface area contributed by atoms with Crippen LogP contribution in [-0.4, -0.2) is 13.7 Å². The van der Waals surface area contributed by atoms with E-state index in [9.17, 15) is 10.5 Å². The van der Waals surface area contributed by atoms with E-state index in [-0.39, 0.29) is 0 Å². The van der Waals surface area contributed by atoms with E-state index in [2.05, 4.69) is 159 Å². The minimum absolute atomic E-state index is 0.582. The molecule has 5 nitrogen and oxygen atoms in total. The van der Waals surface area contributed by atoms with Gasteiger partial charge in [0.1, 0.15) is 0 Å². The third-order valence-corrected chi connectivity index (χ3v) is 11.1. The summed E-state index contributed by atoms with van der Waals surface area (Å²) in [5.74, 6) is 0. The molecule has 55 heavy (non-hydrogen) atoms. The lowest BCUT2D eigenvalue weighted by atomic mass is 9.97. The average Bonchev–Trinajstić information content (AvgIpc) is 3.89. The normalized spacial score (nSPS) is 11.6. The minimum Gasteiger partial charge on any atom is -0.309 e. The van der Waals surface area contributed by atoms with Gasteiger partial charge < -0.3 is 13.7 Å². The Kier molecular flexibility index (Phi) is 6.61. The van der Waals surface area contributed by atoms with E-state index in [0.29, 0.717) is 11.1 Å². The molecule has 0 bridgehead atoms. The third kappa shape index (κ3) is 4.39. The molecule has 0 radical (unpaired) electrons. The first-order valence-electron chi connectivity index (χ1n) is 18.3. The van der Waals surface area contributed by atoms with E-state index in [4.69, 9.17) is 0 Å². The van der Waals surface area contributed by atoms with E-state index in [1.807, 2.05) is 42.5 Å². The lowest BCUT2D eigenvalue weighted by Gasteiger charge is -2.17. The quantitative estimate of drug-likeness (QED) is 0.184. The van der Waals surface area contributed by atoms with Gasteiger partial charge in [0, 0.05) is 43.6 Å². The van der Waals surface area contributed by atoms with Crippen molar-refractivity contribution in [3.8, 4) is 40.3 Å². The molecule has 0 atom stereocenters. The van der Waals surface area contributed by atoms with Crippen molar-refractivity contribution < 1.29 is 0 Å². The minimum atomic E-state index is 0.582. The fraction of sp³-hybridized carbons (Fsp3) is 0. The molecule has 11 rings (SSSR count). The van der Waals surface area contributed by atoms with Crippen molar-refractivity contribution in [2.45, 2.75) is 0 Å². The topological polar surface area (TPSA) is 62.4 Å². The maximum atomic E-state index is 10.5. The number of benzene rings is 8. The molecule has 8 aromatic carbocycles. The van der Waals surface area contributed by atoms with E-state index in [0.717, 1.165) is 72.1 Å². The summed E-state index contributed by atoms with van der Waals surface area (Å²) in [4.78, 5) is 0. The van der Waals surface area contributed by atoms with Gasteiger partial charge in [-0.2, -0.15) is 10.5 Å². The van der Waals surface area contributed by atoms with Crippen LogP contribution in [0.5, 0.6) is 0 Å². The highest BCUT2D eigenvalue weighted by Gasteiger charge is 2.21. The maximum Gasteiger partial charge on any atom is 0.0998 e. The Balaban J connectivity index is 1.16. The second kappa shape index (κ2) is 11.8. The zero-order chi connectivity index (χ0) is 36.6. The maximum absolute atomic E-state index is 10.5. The van der Waals surface area contributed by atoms with Crippen LogP contribution in [0.25, 0.3) is 93.6 Å². The molecule has 5 heteroatoms. The Bertz CT molecular complexity index is 3400. The van der Waals surface area contributed by atoms with Gasteiger partial charge in [-0.1, -0.05) is 109 Å². The zero-order valence-corrected chi connectivity index (χ0v) is 29.5. The molecule has 0 saturated heterocycles. The number of fused-ring (bicyclic) bond motifs is 9. The summed E-state index contributed by atoms with van der Waals surface area (Å²) in [7, 11) is 0. The zero-order valence-electron chi connectivity index (χ0n) is 29.5. The van der Waals surface area contributed by atoms with Crippen molar-refractivity contribution in [2.24, 2.45) is 0 Å². The number of para-hydroxylation sites is 5. The Labute approximate surface area is 316 Å². The van der Waals surface area contributed by atoms with Gasteiger partial charge in [0.15, 0.2) is 0 Å². The van der Waals surface area contributed by atoms with Crippen molar-refractivity contribution in [2.75, 3.05) is 0 Å². The number of aromatic nitrogens is 3. The van der Waals surface area contributed by atoms with Crippen LogP contribution < -0.4 is 0 Å². The van der Waals surface area contributed by atoms with Gasteiger partial charge in [0.05, 0.1) is 67.7 Å². The van der Waals surface area contributed by atoms with Crippen LogP contribution in [0.3, 0.4) is 0 Å². The molecule has 3 aromatic heterocycles. The van der Waals surface area contributed by atoms with Gasteiger partial charge >= 0.3 is 0 Å². The average molecular weight is 700 g/mol. The van der Waals surface area contributed by atoms with Crippen molar-refractivity contribution in [1.29, 1.82) is 10.5 Å². The summed E-state index contributed by atoms with van der Waals surface area (Å²) in [5, 5.41) is 27.3. The number of nitriles is 2. The van der Waals surface area contributed by atoms with Crippen molar-refractivity contribution >= 4 is 65.4 Å². The first-order valence-corrected chi connectivity index (χ1v) is 18.3. The van der Waals surface area contributed by atoms with E-state index < -0.39 is 0 Å². The van der Waals surface area contributed by atoms with Crippen molar-refractivity contribution in [3.05, 3.63) is 187 Å². The summed E-state index contributed by atoms with van der Waals surface area (Å²) in [6, 6.07) is 65.9. The Morgan fingerprint density at radius 3 is 1.45 bits per heavy atom. The first kappa shape index (κ1) is 30.7. The lowest BCUT2D eigenvalue weighted by Crippen LogP contribution is -2.01. The van der Waals surface area contributed by atoms with E-state index in [1.165, 1.54) is 21.5 Å². The fourth-order valence-electron chi connectivity index (χ4n) is 8.83. The molecule has 0 fully saturated rings. The Morgan fingerprint density at radius 2 is 0.855 bits per heavy atom. The summed E-state index contributed by atoms with van der Waals surface area (Å²) in [6.45, 7) is 0. The SMILES string of the molecule is N#Cc1ccc2c3ccccc3n(-c3cccc(C#N)c3-c3ccc(-n4c5ccccc5c5cccc(-n6c7ccccc7c7ccccc76)c54)cc3)c2c1. The molecule has 11 aromatic rings. The standard InChI is InChI=1S/C50H29N5/c51-30-32-23-28-40-38-14-3-8-20-45(38)55(48(40)29-32)46-21-9-11-34(31-52)49(46)33-24-26-35(27-25-33)53-42-17-5-4-15-39(42)41-16-10-22-47(50(41)53)54-43-18-6-1-12-36(43)37-13-2-7-19-44(37)54/h1-29H. The molecular formula is C50H29N5. The molecular weight excluding hydrogens is 671 g/mol. The van der Waals surface area contributed by atoms with Crippen LogP contribution in [0.4, 0.5) is 0 Å². The molecule has 0 amide bonds. The summed E-state index contributed by atoms with van der Waals surface area (Å²) in [6.07, 6.45) is 0. The largest absolute Gasteiger partial charge is 0.309 e. The van der Waals surface area contributed by atoms with E-state index in [1.54, 1.807) is 0 Å². The second-order valence-corrected chi connectivity index (χ2v) is 14.0. The van der Waals surface area contributed by atoms with Crippen LogP contribution in [0.15, 0.2) is 176 Å². The smallest absolute Gasteiger partial charge is 0.0998 e.